The molecule has 0 aliphatic carbocycles. The molecule has 1 rings (SSSR count). The average Bonchev–Trinajstić information content (AvgIpc) is 2.24. The first-order chi connectivity index (χ1) is 7.46. The second kappa shape index (κ2) is 5.31. The van der Waals surface area contributed by atoms with E-state index in [1.165, 1.54) is 16.3 Å². The molecule has 16 heavy (non-hydrogen) atoms. The van der Waals surface area contributed by atoms with Gasteiger partial charge >= 0.3 is 0 Å². The van der Waals surface area contributed by atoms with Crippen molar-refractivity contribution in [1.82, 2.24) is 0 Å². The first-order valence-corrected chi connectivity index (χ1v) is 9.35. The molecule has 0 aliphatic rings. The maximum Gasteiger partial charge on any atom is 0.0783 e. The van der Waals surface area contributed by atoms with Gasteiger partial charge in [-0.2, -0.15) is 0 Å². The van der Waals surface area contributed by atoms with Crippen LogP contribution in [0.4, 0.5) is 0 Å². The topological polar surface area (TPSA) is 0 Å². The minimum atomic E-state index is -1.27. The zero-order valence-corrected chi connectivity index (χ0v) is 11.7. The van der Waals surface area contributed by atoms with E-state index >= 15 is 0 Å². The molecular weight excluding hydrogens is 208 g/mol. The molecule has 1 aromatic rings. The van der Waals surface area contributed by atoms with Crippen molar-refractivity contribution >= 4 is 18.8 Å². The van der Waals surface area contributed by atoms with Crippen molar-refractivity contribution < 1.29 is 0 Å². The van der Waals surface area contributed by atoms with Gasteiger partial charge in [0.25, 0.3) is 0 Å². The molecule has 0 amide bonds. The van der Waals surface area contributed by atoms with Gasteiger partial charge in [0.05, 0.1) is 8.07 Å². The van der Waals surface area contributed by atoms with E-state index in [1.54, 1.807) is 0 Å². The Balaban J connectivity index is 3.04. The molecule has 0 unspecified atom stereocenters. The molecule has 0 N–H and O–H groups in total. The smallest absolute Gasteiger partial charge is 0.0783 e. The fourth-order valence-corrected chi connectivity index (χ4v) is 3.52. The molecule has 0 saturated carbocycles. The lowest BCUT2D eigenvalue weighted by Gasteiger charge is -2.21. The zero-order valence-electron chi connectivity index (χ0n) is 10.7. The van der Waals surface area contributed by atoms with Crippen LogP contribution < -0.4 is 5.19 Å². The Morgan fingerprint density at radius 2 is 1.88 bits per heavy atom. The van der Waals surface area contributed by atoms with Crippen LogP contribution in [-0.4, -0.2) is 8.07 Å². The Kier molecular flexibility index (Phi) is 4.31. The summed E-state index contributed by atoms with van der Waals surface area (Å²) in [7, 11) is -1.27. The van der Waals surface area contributed by atoms with Gasteiger partial charge in [-0.05, 0) is 24.0 Å². The van der Waals surface area contributed by atoms with E-state index in [0.717, 1.165) is 12.8 Å². The van der Waals surface area contributed by atoms with E-state index in [2.05, 4.69) is 57.1 Å². The molecule has 0 radical (unpaired) electrons. The van der Waals surface area contributed by atoms with E-state index in [4.69, 9.17) is 0 Å². The highest BCUT2D eigenvalue weighted by atomic mass is 28.3. The van der Waals surface area contributed by atoms with Gasteiger partial charge in [-0.1, -0.05) is 61.7 Å². The first kappa shape index (κ1) is 13.0. The van der Waals surface area contributed by atoms with Crippen molar-refractivity contribution in [3.8, 4) is 0 Å². The molecule has 0 atom stereocenters. The van der Waals surface area contributed by atoms with Crippen LogP contribution in [0.3, 0.4) is 0 Å². The quantitative estimate of drug-likeness (QED) is 0.525. The number of allylic oxidation sites excluding steroid dienone is 2. The first-order valence-electron chi connectivity index (χ1n) is 5.85. The minimum absolute atomic E-state index is 1.01. The lowest BCUT2D eigenvalue weighted by molar-refractivity contribution is 1.08. The van der Waals surface area contributed by atoms with E-state index in [-0.39, 0.29) is 0 Å². The second-order valence-electron chi connectivity index (χ2n) is 5.23. The molecule has 0 fully saturated rings. The van der Waals surface area contributed by atoms with E-state index in [0.29, 0.717) is 0 Å². The van der Waals surface area contributed by atoms with E-state index in [9.17, 15) is 0 Å². The van der Waals surface area contributed by atoms with Gasteiger partial charge in [-0.25, -0.2) is 0 Å². The molecule has 0 aliphatic heterocycles. The molecule has 0 aromatic heterocycles. The molecule has 0 heterocycles. The Labute approximate surface area is 101 Å². The Morgan fingerprint density at radius 1 is 1.25 bits per heavy atom. The third-order valence-corrected chi connectivity index (χ3v) is 4.82. The Hall–Kier alpha value is -1.08. The van der Waals surface area contributed by atoms with Crippen molar-refractivity contribution in [1.29, 1.82) is 0 Å². The average molecular weight is 230 g/mol. The molecule has 0 saturated heterocycles. The summed E-state index contributed by atoms with van der Waals surface area (Å²) in [5, 5.41) is 1.52. The normalized spacial score (nSPS) is 11.2. The van der Waals surface area contributed by atoms with Crippen molar-refractivity contribution in [3.63, 3.8) is 0 Å². The highest BCUT2D eigenvalue weighted by Gasteiger charge is 2.20. The van der Waals surface area contributed by atoms with Crippen LogP contribution in [0.2, 0.25) is 19.6 Å². The predicted octanol–water partition coefficient (Wildman–Crippen LogP) is 4.21. The fraction of sp³-hybridized carbons (Fsp3) is 0.333. The third kappa shape index (κ3) is 3.21. The van der Waals surface area contributed by atoms with Crippen LogP contribution in [0, 0.1) is 0 Å². The van der Waals surface area contributed by atoms with Crippen LogP contribution in [0.5, 0.6) is 0 Å². The van der Waals surface area contributed by atoms with E-state index in [1.807, 2.05) is 6.08 Å². The van der Waals surface area contributed by atoms with Gasteiger partial charge in [0.2, 0.25) is 0 Å². The maximum atomic E-state index is 4.21. The SMILES string of the molecule is C=CCCC(=C)c1ccccc1[Si](C)(C)C. The molecular formula is C15H22Si. The van der Waals surface area contributed by atoms with Crippen molar-refractivity contribution in [2.75, 3.05) is 0 Å². The van der Waals surface area contributed by atoms with Gasteiger partial charge in [-0.15, -0.1) is 6.58 Å². The standard InChI is InChI=1S/C15H22Si/c1-6-7-10-13(2)14-11-8-9-12-15(14)16(3,4)5/h6,8-9,11-12H,1-2,7,10H2,3-5H3. The van der Waals surface area contributed by atoms with Crippen LogP contribution in [0.1, 0.15) is 18.4 Å². The summed E-state index contributed by atoms with van der Waals surface area (Å²) in [6, 6.07) is 8.72. The number of rotatable bonds is 5. The molecule has 86 valence electrons. The fourth-order valence-electron chi connectivity index (χ4n) is 1.86. The van der Waals surface area contributed by atoms with Crippen molar-refractivity contribution in [2.45, 2.75) is 32.5 Å². The van der Waals surface area contributed by atoms with Gasteiger partial charge in [0.1, 0.15) is 0 Å². The van der Waals surface area contributed by atoms with Gasteiger partial charge in [-0.3, -0.25) is 0 Å². The third-order valence-electron chi connectivity index (χ3n) is 2.77. The van der Waals surface area contributed by atoms with Gasteiger partial charge in [0, 0.05) is 0 Å². The lowest BCUT2D eigenvalue weighted by Crippen LogP contribution is -2.39. The molecule has 1 heteroatoms. The summed E-state index contributed by atoms with van der Waals surface area (Å²) < 4.78 is 0. The van der Waals surface area contributed by atoms with Gasteiger partial charge in [0.15, 0.2) is 0 Å². The van der Waals surface area contributed by atoms with Gasteiger partial charge < -0.3 is 0 Å². The molecule has 1 aromatic carbocycles. The summed E-state index contributed by atoms with van der Waals surface area (Å²) in [6.45, 7) is 15.1. The van der Waals surface area contributed by atoms with Crippen LogP contribution in [0.15, 0.2) is 43.5 Å². The lowest BCUT2D eigenvalue weighted by atomic mass is 10.0. The summed E-state index contributed by atoms with van der Waals surface area (Å²) in [5.41, 5.74) is 2.61. The summed E-state index contributed by atoms with van der Waals surface area (Å²) in [5.74, 6) is 0. The predicted molar refractivity (Wildman–Crippen MR) is 77.9 cm³/mol. The number of benzene rings is 1. The largest absolute Gasteiger partial charge is 0.103 e. The second-order valence-corrected chi connectivity index (χ2v) is 10.3. The highest BCUT2D eigenvalue weighted by molar-refractivity contribution is 6.89. The Morgan fingerprint density at radius 3 is 2.44 bits per heavy atom. The molecule has 0 spiro atoms. The molecule has 0 bridgehead atoms. The van der Waals surface area contributed by atoms with Crippen molar-refractivity contribution in [3.05, 3.63) is 49.1 Å². The van der Waals surface area contributed by atoms with Crippen LogP contribution in [0.25, 0.3) is 5.57 Å². The zero-order chi connectivity index (χ0) is 12.2. The highest BCUT2D eigenvalue weighted by Crippen LogP contribution is 2.19. The van der Waals surface area contributed by atoms with Crippen molar-refractivity contribution in [2.24, 2.45) is 0 Å². The van der Waals surface area contributed by atoms with E-state index < -0.39 is 8.07 Å². The minimum Gasteiger partial charge on any atom is -0.103 e. The maximum absolute atomic E-state index is 4.21. The van der Waals surface area contributed by atoms with Crippen LogP contribution >= 0.6 is 0 Å². The van der Waals surface area contributed by atoms with Crippen LogP contribution in [-0.2, 0) is 0 Å². The number of hydrogen-bond acceptors (Lipinski definition) is 0. The summed E-state index contributed by atoms with van der Waals surface area (Å²) in [6.07, 6.45) is 3.99. The molecule has 0 nitrogen and oxygen atoms in total. The number of hydrogen-bond donors (Lipinski definition) is 0. The summed E-state index contributed by atoms with van der Waals surface area (Å²) >= 11 is 0. The monoisotopic (exact) mass is 230 g/mol. The summed E-state index contributed by atoms with van der Waals surface area (Å²) in [4.78, 5) is 0. The Bertz CT molecular complexity index is 383.